The van der Waals surface area contributed by atoms with Gasteiger partial charge in [0.25, 0.3) is 0 Å². The fraction of sp³-hybridized carbons (Fsp3) is 0.600. The molecule has 0 unspecified atom stereocenters. The van der Waals surface area contributed by atoms with Crippen molar-refractivity contribution >= 4 is 11.6 Å². The predicted octanol–water partition coefficient (Wildman–Crippen LogP) is 3.24. The van der Waals surface area contributed by atoms with Crippen LogP contribution in [0.25, 0.3) is 0 Å². The van der Waals surface area contributed by atoms with Crippen molar-refractivity contribution in [1.82, 2.24) is 9.97 Å². The summed E-state index contributed by atoms with van der Waals surface area (Å²) in [6.07, 6.45) is -8.84. The van der Waals surface area contributed by atoms with Gasteiger partial charge in [0.2, 0.25) is 5.82 Å². The van der Waals surface area contributed by atoms with E-state index in [4.69, 9.17) is 0 Å². The molecule has 0 aromatic carbocycles. The van der Waals surface area contributed by atoms with E-state index in [1.165, 1.54) is 0 Å². The quantitative estimate of drug-likeness (QED) is 0.790. The van der Waals surface area contributed by atoms with E-state index in [1.807, 2.05) is 0 Å². The lowest BCUT2D eigenvalue weighted by atomic mass is 10.3. The Morgan fingerprint density at radius 3 is 2.00 bits per heavy atom. The molecule has 0 fully saturated rings. The Balaban J connectivity index is 2.98. The molecule has 1 aromatic rings. The fourth-order valence-corrected chi connectivity index (χ4v) is 1.22. The lowest BCUT2D eigenvalue weighted by molar-refractivity contribution is -0.144. The van der Waals surface area contributed by atoms with Gasteiger partial charge in [-0.2, -0.15) is 22.0 Å². The first-order valence-corrected chi connectivity index (χ1v) is 5.66. The second-order valence-corrected chi connectivity index (χ2v) is 3.91. The number of alkyl halides is 7. The third-order valence-electron chi connectivity index (χ3n) is 2.16. The summed E-state index contributed by atoms with van der Waals surface area (Å²) in [4.78, 5) is 6.13. The van der Waals surface area contributed by atoms with Crippen molar-refractivity contribution in [3.05, 3.63) is 11.9 Å². The van der Waals surface area contributed by atoms with Gasteiger partial charge in [-0.15, -0.1) is 0 Å². The van der Waals surface area contributed by atoms with Crippen molar-refractivity contribution in [1.29, 1.82) is 0 Å². The Hall–Kier alpha value is -1.81. The largest absolute Gasteiger partial charge is 0.451 e. The van der Waals surface area contributed by atoms with E-state index in [0.29, 0.717) is 0 Å². The van der Waals surface area contributed by atoms with Crippen LogP contribution in [0.15, 0.2) is 6.07 Å². The van der Waals surface area contributed by atoms with E-state index < -0.39 is 36.7 Å². The normalized spacial score (nSPS) is 12.6. The Morgan fingerprint density at radius 1 is 1.05 bits per heavy atom. The molecular formula is C10H11F7N4. The number of nitrogens with zero attached hydrogens (tertiary/aromatic N) is 2. The summed E-state index contributed by atoms with van der Waals surface area (Å²) in [5, 5.41) is 4.21. The van der Waals surface area contributed by atoms with Crippen molar-refractivity contribution in [3.8, 4) is 0 Å². The van der Waals surface area contributed by atoms with E-state index in [-0.39, 0.29) is 12.4 Å². The molecule has 1 rings (SSSR count). The van der Waals surface area contributed by atoms with Crippen LogP contribution in [-0.2, 0) is 6.18 Å². The zero-order valence-corrected chi connectivity index (χ0v) is 10.6. The van der Waals surface area contributed by atoms with Crippen LogP contribution in [-0.4, -0.2) is 35.4 Å². The zero-order chi connectivity index (χ0) is 16.3. The highest BCUT2D eigenvalue weighted by Gasteiger charge is 2.41. The second kappa shape index (κ2) is 6.31. The first-order valence-electron chi connectivity index (χ1n) is 5.66. The van der Waals surface area contributed by atoms with Gasteiger partial charge in [0.1, 0.15) is 11.6 Å². The first kappa shape index (κ1) is 17.2. The molecule has 1 heterocycles. The van der Waals surface area contributed by atoms with Crippen LogP contribution in [0.1, 0.15) is 12.7 Å². The molecular weight excluding hydrogens is 309 g/mol. The lowest BCUT2D eigenvalue weighted by Crippen LogP contribution is -2.35. The maximum absolute atomic E-state index is 12.7. The number of halogens is 7. The van der Waals surface area contributed by atoms with Crippen molar-refractivity contribution < 1.29 is 30.7 Å². The number of hydrogen-bond donors (Lipinski definition) is 2. The van der Waals surface area contributed by atoms with Gasteiger partial charge in [-0.1, -0.05) is 0 Å². The summed E-state index contributed by atoms with van der Waals surface area (Å²) in [5.41, 5.74) is 0. The van der Waals surface area contributed by atoms with Gasteiger partial charge in [-0.3, -0.25) is 0 Å². The maximum Gasteiger partial charge on any atom is 0.451 e. The highest BCUT2D eigenvalue weighted by Crippen LogP contribution is 2.29. The van der Waals surface area contributed by atoms with Gasteiger partial charge in [-0.25, -0.2) is 18.7 Å². The molecule has 0 radical (unpaired) electrons. The van der Waals surface area contributed by atoms with Gasteiger partial charge in [0.15, 0.2) is 0 Å². The van der Waals surface area contributed by atoms with E-state index in [0.717, 1.165) is 6.07 Å². The van der Waals surface area contributed by atoms with Gasteiger partial charge < -0.3 is 10.6 Å². The molecule has 0 atom stereocenters. The highest BCUT2D eigenvalue weighted by molar-refractivity contribution is 5.48. The minimum Gasteiger partial charge on any atom is -0.370 e. The van der Waals surface area contributed by atoms with Gasteiger partial charge in [0, 0.05) is 12.6 Å². The summed E-state index contributed by atoms with van der Waals surface area (Å²) in [6.45, 7) is 0.249. The minimum absolute atomic E-state index is 0.223. The number of anilines is 2. The van der Waals surface area contributed by atoms with Crippen molar-refractivity contribution in [2.24, 2.45) is 0 Å². The Labute approximate surface area is 114 Å². The molecule has 0 amide bonds. The smallest absolute Gasteiger partial charge is 0.370 e. The van der Waals surface area contributed by atoms with Crippen LogP contribution < -0.4 is 10.6 Å². The van der Waals surface area contributed by atoms with E-state index in [2.05, 4.69) is 15.3 Å². The van der Waals surface area contributed by atoms with E-state index in [1.54, 1.807) is 12.2 Å². The average molecular weight is 320 g/mol. The van der Waals surface area contributed by atoms with Gasteiger partial charge in [0.05, 0.1) is 6.54 Å². The monoisotopic (exact) mass is 320 g/mol. The molecule has 21 heavy (non-hydrogen) atoms. The molecule has 0 aliphatic rings. The second-order valence-electron chi connectivity index (χ2n) is 3.91. The van der Waals surface area contributed by atoms with Gasteiger partial charge >= 0.3 is 18.5 Å². The Morgan fingerprint density at radius 2 is 1.57 bits per heavy atom. The number of nitrogens with one attached hydrogen (secondary N) is 2. The topological polar surface area (TPSA) is 49.8 Å². The molecule has 0 spiro atoms. The van der Waals surface area contributed by atoms with Crippen molar-refractivity contribution in [3.63, 3.8) is 0 Å². The SMILES string of the molecule is CCNc1cc(NCC(F)(F)C(F)F)nc(C(F)(F)F)n1. The number of rotatable bonds is 6. The van der Waals surface area contributed by atoms with Crippen molar-refractivity contribution in [2.75, 3.05) is 23.7 Å². The van der Waals surface area contributed by atoms with Crippen LogP contribution >= 0.6 is 0 Å². The number of hydrogen-bond acceptors (Lipinski definition) is 4. The molecule has 4 nitrogen and oxygen atoms in total. The third-order valence-corrected chi connectivity index (χ3v) is 2.16. The molecule has 0 bridgehead atoms. The van der Waals surface area contributed by atoms with Crippen molar-refractivity contribution in [2.45, 2.75) is 25.4 Å². The number of aromatic nitrogens is 2. The van der Waals surface area contributed by atoms with Crippen LogP contribution in [0, 0.1) is 0 Å². The molecule has 2 N–H and O–H groups in total. The third kappa shape index (κ3) is 4.90. The van der Waals surface area contributed by atoms with Crippen LogP contribution in [0.5, 0.6) is 0 Å². The summed E-state index contributed by atoms with van der Waals surface area (Å²) in [5.74, 6) is -6.85. The Kier molecular flexibility index (Phi) is 5.18. The Bertz CT molecular complexity index is 475. The molecule has 0 saturated heterocycles. The molecule has 0 aliphatic carbocycles. The van der Waals surface area contributed by atoms with E-state index >= 15 is 0 Å². The average Bonchev–Trinajstić information content (AvgIpc) is 2.35. The van der Waals surface area contributed by atoms with E-state index in [9.17, 15) is 30.7 Å². The van der Waals surface area contributed by atoms with Crippen LogP contribution in [0.2, 0.25) is 0 Å². The molecule has 120 valence electrons. The van der Waals surface area contributed by atoms with Crippen LogP contribution in [0.3, 0.4) is 0 Å². The fourth-order valence-electron chi connectivity index (χ4n) is 1.22. The molecule has 0 aliphatic heterocycles. The minimum atomic E-state index is -4.90. The summed E-state index contributed by atoms with van der Waals surface area (Å²) < 4.78 is 87.0. The molecule has 11 heteroatoms. The maximum atomic E-state index is 12.7. The first-order chi connectivity index (χ1) is 9.56. The summed E-state index contributed by atoms with van der Waals surface area (Å²) in [6, 6.07) is 0.917. The zero-order valence-electron chi connectivity index (χ0n) is 10.6. The molecule has 1 aromatic heterocycles. The van der Waals surface area contributed by atoms with Gasteiger partial charge in [-0.05, 0) is 6.92 Å². The summed E-state index contributed by atoms with van der Waals surface area (Å²) >= 11 is 0. The summed E-state index contributed by atoms with van der Waals surface area (Å²) in [7, 11) is 0. The van der Waals surface area contributed by atoms with Crippen LogP contribution in [0.4, 0.5) is 42.4 Å². The predicted molar refractivity (Wildman–Crippen MR) is 60.6 cm³/mol. The standard InChI is InChI=1S/C10H11F7N4/c1-2-18-5-3-6(19-4-9(13,14)7(11)12)21-8(20-5)10(15,16)17/h3,7H,2,4H2,1H3,(H2,18,19,20,21). The molecule has 0 saturated carbocycles. The lowest BCUT2D eigenvalue weighted by Gasteiger charge is -2.17. The highest BCUT2D eigenvalue weighted by atomic mass is 19.4.